The predicted octanol–water partition coefficient (Wildman–Crippen LogP) is 3.81. The quantitative estimate of drug-likeness (QED) is 0.580. The van der Waals surface area contributed by atoms with Crippen molar-refractivity contribution in [1.82, 2.24) is 0 Å². The molecule has 8 heteroatoms. The smallest absolute Gasteiger partial charge is 0.343 e. The van der Waals surface area contributed by atoms with Gasteiger partial charge < -0.3 is 19.0 Å². The highest BCUT2D eigenvalue weighted by molar-refractivity contribution is 8.80. The lowest BCUT2D eigenvalue weighted by molar-refractivity contribution is -0.132. The van der Waals surface area contributed by atoms with Crippen molar-refractivity contribution in [2.45, 2.75) is 0 Å². The molecule has 2 heterocycles. The molecule has 114 valence electrons. The summed E-state index contributed by atoms with van der Waals surface area (Å²) in [6.07, 6.45) is 5.49. The normalized spacial score (nSPS) is 12.4. The van der Waals surface area contributed by atoms with Gasteiger partial charge in [-0.2, -0.15) is 0 Å². The summed E-state index contributed by atoms with van der Waals surface area (Å²) in [4.78, 5) is 22.3. The van der Waals surface area contributed by atoms with E-state index >= 15 is 0 Å². The maximum absolute atomic E-state index is 11.2. The van der Waals surface area contributed by atoms with Crippen molar-refractivity contribution in [3.05, 3.63) is 58.1 Å². The van der Waals surface area contributed by atoms with E-state index in [4.69, 9.17) is 19.0 Å². The molecule has 0 unspecified atom stereocenters. The molecule has 0 spiro atoms. The number of hydrogen-bond donors (Lipinski definition) is 2. The topological polar surface area (TPSA) is 101 Å². The van der Waals surface area contributed by atoms with Gasteiger partial charge in [-0.05, 0) is 45.9 Å². The zero-order chi connectivity index (χ0) is 15.9. The maximum atomic E-state index is 11.2. The summed E-state index contributed by atoms with van der Waals surface area (Å²) in [5, 5.41) is 18.3. The van der Waals surface area contributed by atoms with Gasteiger partial charge in [0.05, 0.1) is 12.5 Å². The average molecular weight is 338 g/mol. The molecular weight excluding hydrogens is 328 g/mol. The van der Waals surface area contributed by atoms with Gasteiger partial charge in [-0.3, -0.25) is 0 Å². The van der Waals surface area contributed by atoms with E-state index in [0.29, 0.717) is 11.5 Å². The zero-order valence-electron chi connectivity index (χ0n) is 11.0. The number of carbonyl (C=O) groups is 2. The second-order valence-electron chi connectivity index (χ2n) is 3.82. The SMILES string of the molecule is O=C(O)C(=Cc1ccco1)SSC(=Cc1ccco1)C(=O)O. The Bertz CT molecular complexity index is 636. The molecule has 0 fully saturated rings. The number of carboxylic acid groups (broad SMARTS) is 2. The van der Waals surface area contributed by atoms with Crippen molar-refractivity contribution in [3.63, 3.8) is 0 Å². The number of furan rings is 2. The van der Waals surface area contributed by atoms with E-state index in [1.165, 1.54) is 24.7 Å². The van der Waals surface area contributed by atoms with Gasteiger partial charge in [0.2, 0.25) is 0 Å². The van der Waals surface area contributed by atoms with Gasteiger partial charge in [0.25, 0.3) is 0 Å². The summed E-state index contributed by atoms with van der Waals surface area (Å²) in [7, 11) is 1.63. The number of rotatable bonds is 7. The Kier molecular flexibility index (Phi) is 5.56. The minimum atomic E-state index is -1.17. The van der Waals surface area contributed by atoms with E-state index < -0.39 is 11.9 Å². The van der Waals surface area contributed by atoms with E-state index in [0.717, 1.165) is 21.6 Å². The Morgan fingerprint density at radius 1 is 0.864 bits per heavy atom. The molecule has 0 aromatic carbocycles. The molecule has 0 amide bonds. The van der Waals surface area contributed by atoms with E-state index in [-0.39, 0.29) is 9.81 Å². The van der Waals surface area contributed by atoms with Gasteiger partial charge >= 0.3 is 11.9 Å². The molecule has 2 aromatic heterocycles. The van der Waals surface area contributed by atoms with Crippen LogP contribution in [0.5, 0.6) is 0 Å². The average Bonchev–Trinajstić information content (AvgIpc) is 3.14. The highest BCUT2D eigenvalue weighted by Crippen LogP contribution is 2.38. The van der Waals surface area contributed by atoms with E-state index in [2.05, 4.69) is 0 Å². The first-order chi connectivity index (χ1) is 10.6. The summed E-state index contributed by atoms with van der Waals surface area (Å²) in [5.74, 6) is -1.59. The summed E-state index contributed by atoms with van der Waals surface area (Å²) in [6.45, 7) is 0. The Hall–Kier alpha value is -2.32. The van der Waals surface area contributed by atoms with Crippen LogP contribution in [-0.4, -0.2) is 22.2 Å². The van der Waals surface area contributed by atoms with Crippen molar-refractivity contribution in [3.8, 4) is 0 Å². The van der Waals surface area contributed by atoms with Crippen LogP contribution in [0, 0.1) is 0 Å². The Balaban J connectivity index is 2.13. The standard InChI is InChI=1S/C14H10O6S2/c15-13(16)11(7-9-3-1-5-19-9)21-22-12(14(17)18)8-10-4-2-6-20-10/h1-8H,(H,15,16)(H,17,18). The summed E-state index contributed by atoms with van der Waals surface area (Å²) < 4.78 is 10.1. The third-order valence-corrected chi connectivity index (χ3v) is 4.63. The lowest BCUT2D eigenvalue weighted by Crippen LogP contribution is -1.98. The molecule has 0 aliphatic carbocycles. The summed E-state index contributed by atoms with van der Waals surface area (Å²) >= 11 is 0. The fraction of sp³-hybridized carbons (Fsp3) is 0. The van der Waals surface area contributed by atoms with Crippen molar-refractivity contribution < 1.29 is 28.6 Å². The second kappa shape index (κ2) is 7.62. The Morgan fingerprint density at radius 2 is 1.27 bits per heavy atom. The van der Waals surface area contributed by atoms with Crippen LogP contribution in [-0.2, 0) is 9.59 Å². The molecule has 2 aromatic rings. The summed E-state index contributed by atoms with van der Waals surface area (Å²) in [5.41, 5.74) is 0. The summed E-state index contributed by atoms with van der Waals surface area (Å²) in [6, 6.07) is 6.46. The van der Waals surface area contributed by atoms with Crippen LogP contribution in [0.15, 0.2) is 55.4 Å². The molecule has 0 aliphatic rings. The van der Waals surface area contributed by atoms with Gasteiger partial charge in [-0.15, -0.1) is 0 Å². The van der Waals surface area contributed by atoms with Gasteiger partial charge in [0, 0.05) is 12.2 Å². The van der Waals surface area contributed by atoms with Crippen LogP contribution in [0.3, 0.4) is 0 Å². The molecule has 2 rings (SSSR count). The minimum absolute atomic E-state index is 0.0495. The maximum Gasteiger partial charge on any atom is 0.343 e. The van der Waals surface area contributed by atoms with Crippen LogP contribution < -0.4 is 0 Å². The predicted molar refractivity (Wildman–Crippen MR) is 83.8 cm³/mol. The van der Waals surface area contributed by atoms with Gasteiger partial charge in [-0.1, -0.05) is 0 Å². The molecule has 2 N–H and O–H groups in total. The molecule has 0 saturated carbocycles. The lowest BCUT2D eigenvalue weighted by atomic mass is 10.4. The van der Waals surface area contributed by atoms with Crippen LogP contribution in [0.1, 0.15) is 11.5 Å². The molecule has 0 radical (unpaired) electrons. The first-order valence-corrected chi connectivity index (χ1v) is 8.03. The monoisotopic (exact) mass is 338 g/mol. The number of aliphatic carboxylic acids is 2. The van der Waals surface area contributed by atoms with Crippen LogP contribution in [0.2, 0.25) is 0 Å². The largest absolute Gasteiger partial charge is 0.477 e. The van der Waals surface area contributed by atoms with E-state index in [1.807, 2.05) is 0 Å². The molecular formula is C14H10O6S2. The van der Waals surface area contributed by atoms with Crippen molar-refractivity contribution in [1.29, 1.82) is 0 Å². The van der Waals surface area contributed by atoms with Crippen molar-refractivity contribution >= 4 is 45.7 Å². The molecule has 0 aliphatic heterocycles. The highest BCUT2D eigenvalue weighted by Gasteiger charge is 2.15. The van der Waals surface area contributed by atoms with E-state index in [9.17, 15) is 9.59 Å². The molecule has 0 atom stereocenters. The second-order valence-corrected chi connectivity index (χ2v) is 6.04. The molecule has 0 saturated heterocycles. The van der Waals surface area contributed by atoms with Gasteiger partial charge in [0.1, 0.15) is 21.3 Å². The first kappa shape index (κ1) is 16.1. The van der Waals surface area contributed by atoms with Crippen LogP contribution in [0.4, 0.5) is 0 Å². The Labute approximate surface area is 132 Å². The first-order valence-electron chi connectivity index (χ1n) is 5.88. The number of hydrogen-bond acceptors (Lipinski definition) is 6. The Morgan fingerprint density at radius 3 is 1.55 bits per heavy atom. The third kappa shape index (κ3) is 4.61. The molecule has 6 nitrogen and oxygen atoms in total. The van der Waals surface area contributed by atoms with Crippen LogP contribution in [0.25, 0.3) is 12.2 Å². The van der Waals surface area contributed by atoms with Crippen LogP contribution >= 0.6 is 21.6 Å². The molecule has 0 bridgehead atoms. The van der Waals surface area contributed by atoms with E-state index in [1.54, 1.807) is 24.3 Å². The molecule has 22 heavy (non-hydrogen) atoms. The van der Waals surface area contributed by atoms with Crippen molar-refractivity contribution in [2.24, 2.45) is 0 Å². The minimum Gasteiger partial charge on any atom is -0.477 e. The highest BCUT2D eigenvalue weighted by atomic mass is 33.1. The van der Waals surface area contributed by atoms with Gasteiger partial charge in [0.15, 0.2) is 0 Å². The third-order valence-electron chi connectivity index (χ3n) is 2.28. The number of carboxylic acids is 2. The van der Waals surface area contributed by atoms with Gasteiger partial charge in [-0.25, -0.2) is 9.59 Å². The fourth-order valence-corrected chi connectivity index (χ4v) is 3.24. The zero-order valence-corrected chi connectivity index (χ0v) is 12.6. The lowest BCUT2D eigenvalue weighted by Gasteiger charge is -2.02. The van der Waals surface area contributed by atoms with Crippen molar-refractivity contribution in [2.75, 3.05) is 0 Å². The fourth-order valence-electron chi connectivity index (χ4n) is 1.34.